The van der Waals surface area contributed by atoms with Crippen molar-refractivity contribution in [3.63, 3.8) is 0 Å². The Morgan fingerprint density at radius 3 is 2.96 bits per heavy atom. The molecule has 2 bridgehead atoms. The first-order chi connectivity index (χ1) is 12.4. The van der Waals surface area contributed by atoms with Crippen molar-refractivity contribution in [2.24, 2.45) is 0 Å². The zero-order valence-corrected chi connectivity index (χ0v) is 16.4. The van der Waals surface area contributed by atoms with E-state index in [9.17, 15) is 9.90 Å². The van der Waals surface area contributed by atoms with Crippen molar-refractivity contribution in [3.05, 3.63) is 51.7 Å². The molecule has 1 saturated heterocycles. The molecule has 2 heterocycles. The molecule has 138 valence electrons. The van der Waals surface area contributed by atoms with Crippen molar-refractivity contribution in [2.45, 2.75) is 43.7 Å². The zero-order valence-electron chi connectivity index (χ0n) is 15.6. The molecule has 4 nitrogen and oxygen atoms in total. The van der Waals surface area contributed by atoms with Crippen LogP contribution in [0, 0.1) is 0 Å². The first-order valence-electron chi connectivity index (χ1n) is 9.21. The normalized spacial score (nSPS) is 27.8. The van der Waals surface area contributed by atoms with Crippen molar-refractivity contribution < 1.29 is 9.90 Å². The molecule has 1 aliphatic heterocycles. The Balaban J connectivity index is 1.71. The molecular formula is C21H26N2O2S. The Morgan fingerprint density at radius 1 is 1.42 bits per heavy atom. The Kier molecular flexibility index (Phi) is 4.32. The fourth-order valence-electron chi connectivity index (χ4n) is 4.98. The zero-order chi connectivity index (χ0) is 18.5. The summed E-state index contributed by atoms with van der Waals surface area (Å²) in [5, 5.41) is 12.1. The molecule has 0 unspecified atom stereocenters. The Morgan fingerprint density at radius 2 is 2.23 bits per heavy atom. The van der Waals surface area contributed by atoms with Crippen LogP contribution in [-0.2, 0) is 23.1 Å². The molecule has 1 fully saturated rings. The van der Waals surface area contributed by atoms with Gasteiger partial charge in [-0.1, -0.05) is 19.1 Å². The van der Waals surface area contributed by atoms with Crippen LogP contribution in [0.5, 0.6) is 5.75 Å². The number of thiophene rings is 1. The minimum Gasteiger partial charge on any atom is -0.508 e. The van der Waals surface area contributed by atoms with Gasteiger partial charge in [-0.05, 0) is 61.1 Å². The average molecular weight is 371 g/mol. The highest BCUT2D eigenvalue weighted by atomic mass is 32.1. The summed E-state index contributed by atoms with van der Waals surface area (Å²) >= 11 is 1.64. The van der Waals surface area contributed by atoms with Gasteiger partial charge in [0.05, 0.1) is 12.5 Å². The van der Waals surface area contributed by atoms with Crippen molar-refractivity contribution in [1.29, 1.82) is 0 Å². The number of phenolic OH excluding ortho intramolecular Hbond substituents is 1. The van der Waals surface area contributed by atoms with E-state index in [0.717, 1.165) is 24.3 Å². The smallest absolute Gasteiger partial charge is 0.227 e. The fourth-order valence-corrected chi connectivity index (χ4v) is 5.67. The molecule has 0 radical (unpaired) electrons. The van der Waals surface area contributed by atoms with Crippen LogP contribution < -0.4 is 0 Å². The number of carbonyl (C=O) groups excluding carboxylic acids is 1. The van der Waals surface area contributed by atoms with E-state index in [1.165, 1.54) is 11.1 Å². The SMILES string of the molecule is CN1CC[C@@]2(C)c3cc(O)ccc3C[C@@H]1[C@@H]2N(C)C(=O)Cc1cccs1. The van der Waals surface area contributed by atoms with Gasteiger partial charge in [0.2, 0.25) is 5.91 Å². The maximum absolute atomic E-state index is 13.0. The van der Waals surface area contributed by atoms with Gasteiger partial charge in [-0.2, -0.15) is 0 Å². The lowest BCUT2D eigenvalue weighted by Crippen LogP contribution is -2.67. The molecule has 1 amide bonds. The summed E-state index contributed by atoms with van der Waals surface area (Å²) in [5.41, 5.74) is 2.38. The molecule has 1 N–H and O–H groups in total. The number of hydrogen-bond donors (Lipinski definition) is 1. The van der Waals surface area contributed by atoms with Gasteiger partial charge in [-0.25, -0.2) is 0 Å². The lowest BCUT2D eigenvalue weighted by molar-refractivity contribution is -0.136. The van der Waals surface area contributed by atoms with Crippen LogP contribution in [0.25, 0.3) is 0 Å². The number of piperidine rings is 1. The van der Waals surface area contributed by atoms with Gasteiger partial charge in [0.25, 0.3) is 0 Å². The first-order valence-corrected chi connectivity index (χ1v) is 10.1. The van der Waals surface area contributed by atoms with Gasteiger partial charge < -0.3 is 14.9 Å². The van der Waals surface area contributed by atoms with Crippen LogP contribution in [0.2, 0.25) is 0 Å². The summed E-state index contributed by atoms with van der Waals surface area (Å²) in [6.45, 7) is 3.28. The molecule has 0 saturated carbocycles. The lowest BCUT2D eigenvalue weighted by Gasteiger charge is -2.57. The number of likely N-dealkylation sites (tertiary alicyclic amines) is 1. The first kappa shape index (κ1) is 17.6. The van der Waals surface area contributed by atoms with Crippen molar-refractivity contribution in [1.82, 2.24) is 9.80 Å². The predicted octanol–water partition coefficient (Wildman–Crippen LogP) is 3.04. The van der Waals surface area contributed by atoms with E-state index in [2.05, 4.69) is 24.9 Å². The average Bonchev–Trinajstić information content (AvgIpc) is 3.11. The monoisotopic (exact) mass is 370 g/mol. The molecule has 5 heteroatoms. The maximum atomic E-state index is 13.0. The number of benzene rings is 1. The highest BCUT2D eigenvalue weighted by molar-refractivity contribution is 7.10. The Labute approximate surface area is 159 Å². The van der Waals surface area contributed by atoms with E-state index in [1.54, 1.807) is 17.4 Å². The molecule has 26 heavy (non-hydrogen) atoms. The van der Waals surface area contributed by atoms with Crippen LogP contribution >= 0.6 is 11.3 Å². The summed E-state index contributed by atoms with van der Waals surface area (Å²) in [6, 6.07) is 10.2. The topological polar surface area (TPSA) is 43.8 Å². The summed E-state index contributed by atoms with van der Waals surface area (Å²) < 4.78 is 0. The number of hydrogen-bond acceptors (Lipinski definition) is 4. The summed E-state index contributed by atoms with van der Waals surface area (Å²) in [6.07, 6.45) is 2.37. The highest BCUT2D eigenvalue weighted by Crippen LogP contribution is 2.47. The predicted molar refractivity (Wildman–Crippen MR) is 105 cm³/mol. The molecule has 2 aromatic rings. The minimum absolute atomic E-state index is 0.114. The van der Waals surface area contributed by atoms with Gasteiger partial charge in [0.1, 0.15) is 5.75 Å². The van der Waals surface area contributed by atoms with Crippen LogP contribution in [-0.4, -0.2) is 53.5 Å². The number of nitrogens with zero attached hydrogens (tertiary/aromatic N) is 2. The molecule has 4 rings (SSSR count). The van der Waals surface area contributed by atoms with Crippen LogP contribution in [0.4, 0.5) is 0 Å². The quantitative estimate of drug-likeness (QED) is 0.903. The third-order valence-corrected chi connectivity index (χ3v) is 7.30. The molecule has 2 aliphatic rings. The fraction of sp³-hybridized carbons (Fsp3) is 0.476. The second-order valence-corrected chi connectivity index (χ2v) is 9.00. The number of aromatic hydroxyl groups is 1. The number of amides is 1. The van der Waals surface area contributed by atoms with Gasteiger partial charge in [-0.3, -0.25) is 4.79 Å². The van der Waals surface area contributed by atoms with E-state index in [0.29, 0.717) is 18.2 Å². The molecule has 1 aromatic heterocycles. The standard InChI is InChI=1S/C21H26N2O2S/c1-21-8-9-22(2)18(11-14-6-7-15(24)12-17(14)21)20(21)23(3)19(25)13-16-5-4-10-26-16/h4-7,10,12,18,20,24H,8-9,11,13H2,1-3H3/t18-,20+,21+/m1/s1. The van der Waals surface area contributed by atoms with Crippen molar-refractivity contribution in [2.75, 3.05) is 20.6 Å². The molecular weight excluding hydrogens is 344 g/mol. The summed E-state index contributed by atoms with van der Waals surface area (Å²) in [4.78, 5) is 18.5. The molecule has 1 aromatic carbocycles. The van der Waals surface area contributed by atoms with Crippen molar-refractivity contribution in [3.8, 4) is 5.75 Å². The summed E-state index contributed by atoms with van der Waals surface area (Å²) in [7, 11) is 4.12. The minimum atomic E-state index is -0.136. The van der Waals surface area contributed by atoms with E-state index >= 15 is 0 Å². The van der Waals surface area contributed by atoms with Gasteiger partial charge in [0.15, 0.2) is 0 Å². The number of likely N-dealkylation sites (N-methyl/N-ethyl adjacent to an activating group) is 2. The van der Waals surface area contributed by atoms with E-state index < -0.39 is 0 Å². The number of rotatable bonds is 3. The Hall–Kier alpha value is -1.85. The van der Waals surface area contributed by atoms with Gasteiger partial charge >= 0.3 is 0 Å². The largest absolute Gasteiger partial charge is 0.508 e. The molecule has 3 atom stereocenters. The number of phenols is 1. The molecule has 0 spiro atoms. The third-order valence-electron chi connectivity index (χ3n) is 6.42. The van der Waals surface area contributed by atoms with E-state index in [4.69, 9.17) is 0 Å². The second kappa shape index (κ2) is 6.39. The maximum Gasteiger partial charge on any atom is 0.227 e. The molecule has 1 aliphatic carbocycles. The van der Waals surface area contributed by atoms with E-state index in [-0.39, 0.29) is 17.4 Å². The van der Waals surface area contributed by atoms with E-state index in [1.807, 2.05) is 35.5 Å². The van der Waals surface area contributed by atoms with Crippen LogP contribution in [0.15, 0.2) is 35.7 Å². The number of carbonyl (C=O) groups is 1. The summed E-state index contributed by atoms with van der Waals surface area (Å²) in [5.74, 6) is 0.487. The van der Waals surface area contributed by atoms with Gasteiger partial charge in [-0.15, -0.1) is 11.3 Å². The third kappa shape index (κ3) is 2.74. The van der Waals surface area contributed by atoms with Crippen LogP contribution in [0.1, 0.15) is 29.3 Å². The number of fused-ring (bicyclic) bond motifs is 4. The van der Waals surface area contributed by atoms with Crippen LogP contribution in [0.3, 0.4) is 0 Å². The second-order valence-electron chi connectivity index (χ2n) is 7.97. The van der Waals surface area contributed by atoms with Crippen molar-refractivity contribution >= 4 is 17.2 Å². The lowest BCUT2D eigenvalue weighted by atomic mass is 9.61. The Bertz CT molecular complexity index is 819. The van der Waals surface area contributed by atoms with Gasteiger partial charge in [0, 0.05) is 23.4 Å². The highest BCUT2D eigenvalue weighted by Gasteiger charge is 2.52.